The maximum atomic E-state index is 12.2. The van der Waals surface area contributed by atoms with Gasteiger partial charge in [0.1, 0.15) is 0 Å². The number of rotatable bonds is 5. The van der Waals surface area contributed by atoms with Gasteiger partial charge in [-0.25, -0.2) is 4.79 Å². The topological polar surface area (TPSA) is 75.6 Å². The summed E-state index contributed by atoms with van der Waals surface area (Å²) in [6.45, 7) is 0. The van der Waals surface area contributed by atoms with E-state index in [9.17, 15) is 9.59 Å². The van der Waals surface area contributed by atoms with Gasteiger partial charge in [-0.05, 0) is 24.5 Å². The zero-order valence-electron chi connectivity index (χ0n) is 12.2. The van der Waals surface area contributed by atoms with Gasteiger partial charge >= 0.3 is 5.97 Å². The second kappa shape index (κ2) is 7.22. The van der Waals surface area contributed by atoms with Gasteiger partial charge in [0.15, 0.2) is 0 Å². The highest BCUT2D eigenvalue weighted by atomic mass is 16.5. The van der Waals surface area contributed by atoms with Crippen LogP contribution in [-0.2, 0) is 16.0 Å². The van der Waals surface area contributed by atoms with Crippen LogP contribution in [0.1, 0.15) is 41.6 Å². The first kappa shape index (κ1) is 15.5. The van der Waals surface area contributed by atoms with E-state index in [0.717, 1.165) is 25.7 Å². The normalized spacial score (nSPS) is 21.8. The van der Waals surface area contributed by atoms with Crippen molar-refractivity contribution < 1.29 is 19.4 Å². The molecule has 1 aromatic rings. The Balaban J connectivity index is 2.00. The second-order valence-corrected chi connectivity index (χ2v) is 5.37. The molecule has 2 atom stereocenters. The van der Waals surface area contributed by atoms with Crippen molar-refractivity contribution in [1.82, 2.24) is 5.32 Å². The molecule has 0 heterocycles. The SMILES string of the molecule is CO[C@H]1CCCC[C@@H]1NC(=O)Cc1ccccc1C(=O)O. The summed E-state index contributed by atoms with van der Waals surface area (Å²) in [6.07, 6.45) is 4.19. The number of amides is 1. The molecule has 114 valence electrons. The largest absolute Gasteiger partial charge is 0.478 e. The van der Waals surface area contributed by atoms with E-state index in [0.29, 0.717) is 5.56 Å². The number of ether oxygens (including phenoxy) is 1. The van der Waals surface area contributed by atoms with Gasteiger partial charge in [-0.3, -0.25) is 4.79 Å². The Labute approximate surface area is 124 Å². The highest BCUT2D eigenvalue weighted by molar-refractivity contribution is 5.91. The summed E-state index contributed by atoms with van der Waals surface area (Å²) in [6, 6.07) is 6.62. The van der Waals surface area contributed by atoms with Gasteiger partial charge < -0.3 is 15.2 Å². The zero-order chi connectivity index (χ0) is 15.2. The van der Waals surface area contributed by atoms with E-state index < -0.39 is 5.97 Å². The lowest BCUT2D eigenvalue weighted by Gasteiger charge is -2.31. The van der Waals surface area contributed by atoms with Gasteiger partial charge in [0.25, 0.3) is 0 Å². The van der Waals surface area contributed by atoms with Gasteiger partial charge in [-0.1, -0.05) is 31.0 Å². The first-order chi connectivity index (χ1) is 10.1. The molecule has 1 fully saturated rings. The van der Waals surface area contributed by atoms with Gasteiger partial charge in [0, 0.05) is 7.11 Å². The Morgan fingerprint density at radius 2 is 2.00 bits per heavy atom. The third-order valence-electron chi connectivity index (χ3n) is 3.95. The number of aromatic carboxylic acids is 1. The molecule has 21 heavy (non-hydrogen) atoms. The van der Waals surface area contributed by atoms with Gasteiger partial charge in [0.05, 0.1) is 24.1 Å². The van der Waals surface area contributed by atoms with Crippen LogP contribution in [0, 0.1) is 0 Å². The summed E-state index contributed by atoms with van der Waals surface area (Å²) >= 11 is 0. The Kier molecular flexibility index (Phi) is 5.33. The molecule has 0 radical (unpaired) electrons. The van der Waals surface area contributed by atoms with Crippen molar-refractivity contribution in [3.05, 3.63) is 35.4 Å². The highest BCUT2D eigenvalue weighted by Gasteiger charge is 2.26. The smallest absolute Gasteiger partial charge is 0.335 e. The van der Waals surface area contributed by atoms with E-state index >= 15 is 0 Å². The molecule has 1 saturated carbocycles. The molecule has 0 saturated heterocycles. The van der Waals surface area contributed by atoms with Crippen LogP contribution < -0.4 is 5.32 Å². The number of hydrogen-bond acceptors (Lipinski definition) is 3. The minimum absolute atomic E-state index is 0.0215. The maximum Gasteiger partial charge on any atom is 0.335 e. The summed E-state index contributed by atoms with van der Waals surface area (Å²) in [5, 5.41) is 12.1. The number of hydrogen-bond donors (Lipinski definition) is 2. The number of carbonyl (C=O) groups excluding carboxylic acids is 1. The second-order valence-electron chi connectivity index (χ2n) is 5.37. The molecular weight excluding hydrogens is 270 g/mol. The van der Waals surface area contributed by atoms with Crippen LogP contribution in [0.25, 0.3) is 0 Å². The maximum absolute atomic E-state index is 12.2. The van der Waals surface area contributed by atoms with E-state index in [4.69, 9.17) is 9.84 Å². The molecule has 2 N–H and O–H groups in total. The molecule has 1 amide bonds. The van der Waals surface area contributed by atoms with Crippen LogP contribution in [0.15, 0.2) is 24.3 Å². The average Bonchev–Trinajstić information content (AvgIpc) is 2.48. The Bertz CT molecular complexity index is 515. The quantitative estimate of drug-likeness (QED) is 0.870. The molecule has 5 nitrogen and oxygen atoms in total. The first-order valence-corrected chi connectivity index (χ1v) is 7.25. The number of nitrogens with one attached hydrogen (secondary N) is 1. The zero-order valence-corrected chi connectivity index (χ0v) is 12.2. The summed E-state index contributed by atoms with van der Waals surface area (Å²) in [7, 11) is 1.66. The number of carboxylic acids is 1. The standard InChI is InChI=1S/C16H21NO4/c1-21-14-9-5-4-8-13(14)17-15(18)10-11-6-2-3-7-12(11)16(19)20/h2-3,6-7,13-14H,4-5,8-10H2,1H3,(H,17,18)(H,19,20)/t13-,14-/m0/s1. The lowest BCUT2D eigenvalue weighted by Crippen LogP contribution is -2.46. The molecule has 0 bridgehead atoms. The fourth-order valence-corrected chi connectivity index (χ4v) is 2.86. The number of carboxylic acid groups (broad SMARTS) is 1. The van der Waals surface area contributed by atoms with Gasteiger partial charge in [0.2, 0.25) is 5.91 Å². The molecule has 0 aromatic heterocycles. The van der Waals surface area contributed by atoms with Crippen LogP contribution in [0.3, 0.4) is 0 Å². The highest BCUT2D eigenvalue weighted by Crippen LogP contribution is 2.21. The molecule has 0 unspecified atom stereocenters. The predicted octanol–water partition coefficient (Wildman–Crippen LogP) is 2.00. The molecule has 0 spiro atoms. The van der Waals surface area contributed by atoms with Crippen LogP contribution >= 0.6 is 0 Å². The van der Waals surface area contributed by atoms with Crippen LogP contribution in [-0.4, -0.2) is 36.2 Å². The summed E-state index contributed by atoms with van der Waals surface area (Å²) in [5.41, 5.74) is 0.715. The lowest BCUT2D eigenvalue weighted by atomic mass is 9.92. The van der Waals surface area contributed by atoms with Crippen molar-refractivity contribution in [3.63, 3.8) is 0 Å². The summed E-state index contributed by atoms with van der Waals surface area (Å²) < 4.78 is 5.41. The van der Waals surface area contributed by atoms with Crippen molar-refractivity contribution in [1.29, 1.82) is 0 Å². The number of methoxy groups -OCH3 is 1. The van der Waals surface area contributed by atoms with E-state index in [1.165, 1.54) is 6.07 Å². The molecular formula is C16H21NO4. The van der Waals surface area contributed by atoms with Crippen molar-refractivity contribution >= 4 is 11.9 Å². The third-order valence-corrected chi connectivity index (χ3v) is 3.95. The van der Waals surface area contributed by atoms with Gasteiger partial charge in [-0.2, -0.15) is 0 Å². The van der Waals surface area contributed by atoms with Crippen molar-refractivity contribution in [3.8, 4) is 0 Å². The molecule has 2 rings (SSSR count). The van der Waals surface area contributed by atoms with Crippen molar-refractivity contribution in [2.24, 2.45) is 0 Å². The number of carbonyl (C=O) groups is 2. The fraction of sp³-hybridized carbons (Fsp3) is 0.500. The van der Waals surface area contributed by atoms with Crippen molar-refractivity contribution in [2.45, 2.75) is 44.2 Å². The summed E-state index contributed by atoms with van der Waals surface area (Å²) in [4.78, 5) is 23.3. The molecule has 5 heteroatoms. The average molecular weight is 291 g/mol. The van der Waals surface area contributed by atoms with E-state index in [-0.39, 0.29) is 30.0 Å². The monoisotopic (exact) mass is 291 g/mol. The minimum atomic E-state index is -1.01. The van der Waals surface area contributed by atoms with E-state index in [1.807, 2.05) is 0 Å². The Hall–Kier alpha value is -1.88. The van der Waals surface area contributed by atoms with E-state index in [2.05, 4.69) is 5.32 Å². The lowest BCUT2D eigenvalue weighted by molar-refractivity contribution is -0.122. The molecule has 0 aliphatic heterocycles. The van der Waals surface area contributed by atoms with E-state index in [1.54, 1.807) is 25.3 Å². The molecule has 1 aromatic carbocycles. The predicted molar refractivity (Wildman–Crippen MR) is 78.3 cm³/mol. The summed E-state index contributed by atoms with van der Waals surface area (Å²) in [5.74, 6) is -1.16. The third kappa shape index (κ3) is 4.04. The van der Waals surface area contributed by atoms with Crippen LogP contribution in [0.4, 0.5) is 0 Å². The Morgan fingerprint density at radius 1 is 1.29 bits per heavy atom. The Morgan fingerprint density at radius 3 is 2.71 bits per heavy atom. The minimum Gasteiger partial charge on any atom is -0.478 e. The van der Waals surface area contributed by atoms with Gasteiger partial charge in [-0.15, -0.1) is 0 Å². The first-order valence-electron chi connectivity index (χ1n) is 7.25. The van der Waals surface area contributed by atoms with Crippen LogP contribution in [0.5, 0.6) is 0 Å². The fourth-order valence-electron chi connectivity index (χ4n) is 2.86. The molecule has 1 aliphatic carbocycles. The number of benzene rings is 1. The van der Waals surface area contributed by atoms with Crippen molar-refractivity contribution in [2.75, 3.05) is 7.11 Å². The van der Waals surface area contributed by atoms with Crippen LogP contribution in [0.2, 0.25) is 0 Å². The molecule has 1 aliphatic rings.